The van der Waals surface area contributed by atoms with E-state index in [1.165, 1.54) is 0 Å². The summed E-state index contributed by atoms with van der Waals surface area (Å²) in [5.74, 6) is 0.227. The van der Waals surface area contributed by atoms with Gasteiger partial charge in [-0.2, -0.15) is 10.1 Å². The molecule has 1 amide bonds. The van der Waals surface area contributed by atoms with Crippen LogP contribution in [-0.4, -0.2) is 35.3 Å². The van der Waals surface area contributed by atoms with Crippen LogP contribution < -0.4 is 5.32 Å². The van der Waals surface area contributed by atoms with Crippen LogP contribution in [0.15, 0.2) is 48.8 Å². The number of nitrogens with one attached hydrogen (secondary N) is 1. The zero-order chi connectivity index (χ0) is 18.8. The van der Waals surface area contributed by atoms with Gasteiger partial charge in [0.15, 0.2) is 0 Å². The molecule has 0 saturated heterocycles. The second-order valence-corrected chi connectivity index (χ2v) is 6.39. The Morgan fingerprint density at radius 2 is 1.89 bits per heavy atom. The van der Waals surface area contributed by atoms with E-state index < -0.39 is 0 Å². The van der Waals surface area contributed by atoms with Crippen LogP contribution in [0.1, 0.15) is 33.1 Å². The summed E-state index contributed by atoms with van der Waals surface area (Å²) in [7, 11) is 0. The van der Waals surface area contributed by atoms with E-state index >= 15 is 0 Å². The number of benzene rings is 1. The van der Waals surface area contributed by atoms with Crippen LogP contribution in [0.2, 0.25) is 0 Å². The third kappa shape index (κ3) is 3.69. The average Bonchev–Trinajstić information content (AvgIpc) is 3.30. The molecule has 3 heterocycles. The van der Waals surface area contributed by atoms with Gasteiger partial charge in [0.1, 0.15) is 0 Å². The van der Waals surface area contributed by atoms with Gasteiger partial charge in [-0.1, -0.05) is 24.3 Å². The van der Waals surface area contributed by atoms with E-state index in [1.807, 2.05) is 61.1 Å². The molecule has 4 rings (SSSR count). The van der Waals surface area contributed by atoms with Gasteiger partial charge in [0, 0.05) is 30.3 Å². The molecular formula is C19H19N7O. The summed E-state index contributed by atoms with van der Waals surface area (Å²) in [6, 6.07) is 11.8. The summed E-state index contributed by atoms with van der Waals surface area (Å²) < 4.78 is 3.44. The van der Waals surface area contributed by atoms with Crippen molar-refractivity contribution in [1.82, 2.24) is 34.7 Å². The van der Waals surface area contributed by atoms with Gasteiger partial charge in [0.25, 0.3) is 11.7 Å². The fourth-order valence-electron chi connectivity index (χ4n) is 2.87. The number of carbonyl (C=O) groups excluding carboxylic acids is 1. The van der Waals surface area contributed by atoms with Crippen molar-refractivity contribution in [3.05, 3.63) is 77.1 Å². The lowest BCUT2D eigenvalue weighted by Gasteiger charge is -2.05. The first kappa shape index (κ1) is 16.9. The van der Waals surface area contributed by atoms with Gasteiger partial charge in [-0.25, -0.2) is 9.50 Å². The van der Waals surface area contributed by atoms with Crippen molar-refractivity contribution < 1.29 is 4.79 Å². The second kappa shape index (κ2) is 6.99. The van der Waals surface area contributed by atoms with Crippen LogP contribution in [0.5, 0.6) is 0 Å². The van der Waals surface area contributed by atoms with E-state index in [4.69, 9.17) is 0 Å². The number of hydrogen-bond acceptors (Lipinski definition) is 5. The predicted molar refractivity (Wildman–Crippen MR) is 99.2 cm³/mol. The quantitative estimate of drug-likeness (QED) is 0.586. The van der Waals surface area contributed by atoms with E-state index in [1.54, 1.807) is 10.7 Å². The summed E-state index contributed by atoms with van der Waals surface area (Å²) in [4.78, 5) is 20.9. The molecule has 0 saturated carbocycles. The maximum absolute atomic E-state index is 12.4. The molecule has 0 radical (unpaired) electrons. The van der Waals surface area contributed by atoms with Crippen LogP contribution in [0.3, 0.4) is 0 Å². The van der Waals surface area contributed by atoms with Crippen LogP contribution in [-0.2, 0) is 13.1 Å². The minimum atomic E-state index is -0.321. The molecule has 8 nitrogen and oxygen atoms in total. The lowest BCUT2D eigenvalue weighted by Crippen LogP contribution is -2.24. The minimum absolute atomic E-state index is 0.117. The lowest BCUT2D eigenvalue weighted by atomic mass is 10.1. The van der Waals surface area contributed by atoms with E-state index in [0.29, 0.717) is 12.3 Å². The highest BCUT2D eigenvalue weighted by Crippen LogP contribution is 2.08. The zero-order valence-electron chi connectivity index (χ0n) is 15.1. The van der Waals surface area contributed by atoms with Gasteiger partial charge in [-0.3, -0.25) is 9.48 Å². The smallest absolute Gasteiger partial charge is 0.291 e. The number of aryl methyl sites for hydroxylation is 2. The van der Waals surface area contributed by atoms with Crippen LogP contribution >= 0.6 is 0 Å². The standard InChI is InChI=1S/C19H19N7O/c1-13-10-14(2)26-19(22-13)23-17(24-26)18(27)20-11-15-4-6-16(7-5-15)12-25-9-3-8-21-25/h3-10H,11-12H2,1-2H3,(H,20,27). The lowest BCUT2D eigenvalue weighted by molar-refractivity contribution is 0.0940. The van der Waals surface area contributed by atoms with Crippen molar-refractivity contribution in [3.63, 3.8) is 0 Å². The summed E-state index contributed by atoms with van der Waals surface area (Å²) in [6.45, 7) is 4.92. The van der Waals surface area contributed by atoms with Crippen LogP contribution in [0.25, 0.3) is 5.78 Å². The van der Waals surface area contributed by atoms with Crippen LogP contribution in [0, 0.1) is 13.8 Å². The van der Waals surface area contributed by atoms with Gasteiger partial charge in [0.2, 0.25) is 5.82 Å². The van der Waals surface area contributed by atoms with E-state index in [9.17, 15) is 4.79 Å². The fourth-order valence-corrected chi connectivity index (χ4v) is 2.87. The summed E-state index contributed by atoms with van der Waals surface area (Å²) in [5, 5.41) is 11.3. The third-order valence-electron chi connectivity index (χ3n) is 4.20. The molecule has 0 fully saturated rings. The highest BCUT2D eigenvalue weighted by atomic mass is 16.2. The number of carbonyl (C=O) groups is 1. The number of aromatic nitrogens is 6. The molecule has 136 valence electrons. The molecule has 0 atom stereocenters. The Bertz CT molecular complexity index is 1080. The molecule has 0 spiro atoms. The van der Waals surface area contributed by atoms with Crippen molar-refractivity contribution in [3.8, 4) is 0 Å². The van der Waals surface area contributed by atoms with E-state index in [-0.39, 0.29) is 11.7 Å². The maximum Gasteiger partial charge on any atom is 0.291 e. The van der Waals surface area contributed by atoms with Crippen molar-refractivity contribution >= 4 is 11.7 Å². The predicted octanol–water partition coefficient (Wildman–Crippen LogP) is 1.92. The summed E-state index contributed by atoms with van der Waals surface area (Å²) in [6.07, 6.45) is 3.68. The van der Waals surface area contributed by atoms with Crippen molar-refractivity contribution in [1.29, 1.82) is 0 Å². The molecule has 0 aliphatic heterocycles. The topological polar surface area (TPSA) is 90.0 Å². The molecule has 4 aromatic rings. The Balaban J connectivity index is 1.41. The Hall–Kier alpha value is -3.55. The molecule has 8 heteroatoms. The molecule has 0 unspecified atom stereocenters. The zero-order valence-corrected chi connectivity index (χ0v) is 15.1. The van der Waals surface area contributed by atoms with E-state index in [2.05, 4.69) is 25.5 Å². The van der Waals surface area contributed by atoms with Gasteiger partial charge >= 0.3 is 0 Å². The Labute approximate surface area is 155 Å². The number of hydrogen-bond donors (Lipinski definition) is 1. The summed E-state index contributed by atoms with van der Waals surface area (Å²) >= 11 is 0. The number of fused-ring (bicyclic) bond motifs is 1. The number of amides is 1. The number of rotatable bonds is 5. The largest absolute Gasteiger partial charge is 0.345 e. The highest BCUT2D eigenvalue weighted by Gasteiger charge is 2.14. The van der Waals surface area contributed by atoms with Gasteiger partial charge < -0.3 is 5.32 Å². The number of nitrogens with zero attached hydrogens (tertiary/aromatic N) is 6. The molecule has 1 N–H and O–H groups in total. The molecule has 0 aliphatic carbocycles. The highest BCUT2D eigenvalue weighted by molar-refractivity contribution is 5.90. The van der Waals surface area contributed by atoms with Gasteiger partial charge in [-0.15, -0.1) is 5.10 Å². The van der Waals surface area contributed by atoms with Gasteiger partial charge in [-0.05, 0) is 37.1 Å². The van der Waals surface area contributed by atoms with Crippen molar-refractivity contribution in [2.24, 2.45) is 0 Å². The normalized spacial score (nSPS) is 11.0. The third-order valence-corrected chi connectivity index (χ3v) is 4.20. The second-order valence-electron chi connectivity index (χ2n) is 6.39. The minimum Gasteiger partial charge on any atom is -0.345 e. The molecule has 27 heavy (non-hydrogen) atoms. The van der Waals surface area contributed by atoms with E-state index in [0.717, 1.165) is 29.1 Å². The van der Waals surface area contributed by atoms with Crippen LogP contribution in [0.4, 0.5) is 0 Å². The Kier molecular flexibility index (Phi) is 4.37. The SMILES string of the molecule is Cc1cc(C)n2nc(C(=O)NCc3ccc(Cn4cccn4)cc3)nc2n1. The Morgan fingerprint density at radius 3 is 2.63 bits per heavy atom. The molecule has 0 aliphatic rings. The first-order chi connectivity index (χ1) is 13.1. The molecular weight excluding hydrogens is 342 g/mol. The molecule has 3 aromatic heterocycles. The fraction of sp³-hybridized carbons (Fsp3) is 0.211. The van der Waals surface area contributed by atoms with Crippen molar-refractivity contribution in [2.75, 3.05) is 0 Å². The molecule has 0 bridgehead atoms. The Morgan fingerprint density at radius 1 is 1.11 bits per heavy atom. The van der Waals surface area contributed by atoms with Gasteiger partial charge in [0.05, 0.1) is 6.54 Å². The summed E-state index contributed by atoms with van der Waals surface area (Å²) in [5.41, 5.74) is 3.88. The average molecular weight is 361 g/mol. The molecule has 1 aromatic carbocycles. The monoisotopic (exact) mass is 361 g/mol. The van der Waals surface area contributed by atoms with Crippen molar-refractivity contribution in [2.45, 2.75) is 26.9 Å². The first-order valence-electron chi connectivity index (χ1n) is 8.63. The maximum atomic E-state index is 12.4. The first-order valence-corrected chi connectivity index (χ1v) is 8.63.